The second-order valence-electron chi connectivity index (χ2n) is 3.75. The molecular weight excluding hydrogens is 263 g/mol. The molecule has 0 bridgehead atoms. The fourth-order valence-electron chi connectivity index (χ4n) is 1.49. The molecule has 0 radical (unpaired) electrons. The van der Waals surface area contributed by atoms with Gasteiger partial charge in [0.2, 0.25) is 0 Å². The van der Waals surface area contributed by atoms with Gasteiger partial charge in [-0.2, -0.15) is 18.3 Å². The SMILES string of the molecule is Cn1nc(C(=O)NCc2ncc[nH]2)cc1C(F)(F)F. The van der Waals surface area contributed by atoms with Crippen LogP contribution in [0.5, 0.6) is 0 Å². The quantitative estimate of drug-likeness (QED) is 0.879. The number of aromatic amines is 1. The third-order valence-corrected chi connectivity index (χ3v) is 2.37. The van der Waals surface area contributed by atoms with Gasteiger partial charge in [-0.3, -0.25) is 9.48 Å². The number of aromatic nitrogens is 4. The van der Waals surface area contributed by atoms with Crippen LogP contribution in [0.4, 0.5) is 13.2 Å². The Bertz CT molecular complexity index is 572. The average Bonchev–Trinajstić information content (AvgIpc) is 2.93. The van der Waals surface area contributed by atoms with Crippen LogP contribution in [-0.2, 0) is 19.8 Å². The van der Waals surface area contributed by atoms with Crippen molar-refractivity contribution in [1.29, 1.82) is 0 Å². The molecule has 2 heterocycles. The second kappa shape index (κ2) is 4.75. The molecule has 0 fully saturated rings. The summed E-state index contributed by atoms with van der Waals surface area (Å²) in [6.07, 6.45) is -1.46. The molecule has 0 saturated carbocycles. The maximum absolute atomic E-state index is 12.5. The predicted molar refractivity (Wildman–Crippen MR) is 58.0 cm³/mol. The van der Waals surface area contributed by atoms with Crippen molar-refractivity contribution in [2.45, 2.75) is 12.7 Å². The van der Waals surface area contributed by atoms with Crippen LogP contribution in [-0.4, -0.2) is 25.7 Å². The molecule has 2 aromatic heterocycles. The topological polar surface area (TPSA) is 75.6 Å². The number of H-pyrrole nitrogens is 1. The van der Waals surface area contributed by atoms with E-state index in [4.69, 9.17) is 0 Å². The second-order valence-corrected chi connectivity index (χ2v) is 3.75. The monoisotopic (exact) mass is 273 g/mol. The molecule has 9 heteroatoms. The zero-order valence-corrected chi connectivity index (χ0v) is 9.82. The van der Waals surface area contributed by atoms with Gasteiger partial charge in [0.25, 0.3) is 5.91 Å². The van der Waals surface area contributed by atoms with Gasteiger partial charge in [-0.25, -0.2) is 4.98 Å². The van der Waals surface area contributed by atoms with E-state index in [0.717, 1.165) is 7.05 Å². The molecule has 2 aromatic rings. The van der Waals surface area contributed by atoms with Crippen molar-refractivity contribution >= 4 is 5.91 Å². The molecule has 1 amide bonds. The van der Waals surface area contributed by atoms with Gasteiger partial charge < -0.3 is 10.3 Å². The molecule has 0 spiro atoms. The molecule has 2 rings (SSSR count). The molecule has 19 heavy (non-hydrogen) atoms. The van der Waals surface area contributed by atoms with Crippen LogP contribution in [0.25, 0.3) is 0 Å². The highest BCUT2D eigenvalue weighted by atomic mass is 19.4. The van der Waals surface area contributed by atoms with Gasteiger partial charge in [0.1, 0.15) is 11.5 Å². The minimum absolute atomic E-state index is 0.0871. The number of alkyl halides is 3. The fourth-order valence-corrected chi connectivity index (χ4v) is 1.49. The van der Waals surface area contributed by atoms with Gasteiger partial charge in [-0.15, -0.1) is 0 Å². The molecule has 0 aromatic carbocycles. The summed E-state index contributed by atoms with van der Waals surface area (Å²) < 4.78 is 38.2. The number of hydrogen-bond acceptors (Lipinski definition) is 3. The van der Waals surface area contributed by atoms with Crippen LogP contribution < -0.4 is 5.32 Å². The molecule has 6 nitrogen and oxygen atoms in total. The van der Waals surface area contributed by atoms with Crippen molar-refractivity contribution in [3.8, 4) is 0 Å². The first-order valence-corrected chi connectivity index (χ1v) is 5.25. The van der Waals surface area contributed by atoms with Crippen LogP contribution in [0.15, 0.2) is 18.5 Å². The maximum atomic E-state index is 12.5. The predicted octanol–water partition coefficient (Wildman–Crippen LogP) is 1.09. The highest BCUT2D eigenvalue weighted by Crippen LogP contribution is 2.29. The first kappa shape index (κ1) is 13.1. The van der Waals surface area contributed by atoms with Crippen LogP contribution in [0.3, 0.4) is 0 Å². The molecule has 0 aliphatic rings. The van der Waals surface area contributed by atoms with Gasteiger partial charge in [0.15, 0.2) is 5.69 Å². The van der Waals surface area contributed by atoms with Crippen molar-refractivity contribution in [2.75, 3.05) is 0 Å². The zero-order chi connectivity index (χ0) is 14.0. The lowest BCUT2D eigenvalue weighted by molar-refractivity contribution is -0.143. The largest absolute Gasteiger partial charge is 0.433 e. The number of aryl methyl sites for hydroxylation is 1. The summed E-state index contributed by atoms with van der Waals surface area (Å²) in [5, 5.41) is 5.95. The van der Waals surface area contributed by atoms with Gasteiger partial charge in [0, 0.05) is 25.5 Å². The van der Waals surface area contributed by atoms with Crippen LogP contribution in [0.2, 0.25) is 0 Å². The van der Waals surface area contributed by atoms with E-state index in [1.807, 2.05) is 0 Å². The Morgan fingerprint density at radius 1 is 1.53 bits per heavy atom. The lowest BCUT2D eigenvalue weighted by atomic mass is 10.3. The lowest BCUT2D eigenvalue weighted by Crippen LogP contribution is -2.23. The Morgan fingerprint density at radius 2 is 2.26 bits per heavy atom. The Morgan fingerprint density at radius 3 is 2.79 bits per heavy atom. The summed E-state index contributed by atoms with van der Waals surface area (Å²) >= 11 is 0. The fraction of sp³-hybridized carbons (Fsp3) is 0.300. The molecule has 0 unspecified atom stereocenters. The molecular formula is C10H10F3N5O. The summed E-state index contributed by atoms with van der Waals surface area (Å²) in [5.74, 6) is -0.192. The Labute approximate surface area is 105 Å². The van der Waals surface area contributed by atoms with Crippen LogP contribution >= 0.6 is 0 Å². The Hall–Kier alpha value is -2.32. The number of amides is 1. The number of nitrogens with one attached hydrogen (secondary N) is 2. The van der Waals surface area contributed by atoms with Gasteiger partial charge in [-0.1, -0.05) is 0 Å². The van der Waals surface area contributed by atoms with E-state index in [9.17, 15) is 18.0 Å². The molecule has 0 saturated heterocycles. The number of hydrogen-bond donors (Lipinski definition) is 2. The normalized spacial score (nSPS) is 11.6. The number of carbonyl (C=O) groups excluding carboxylic acids is 1. The van der Waals surface area contributed by atoms with E-state index in [1.165, 1.54) is 6.20 Å². The summed E-state index contributed by atoms with van der Waals surface area (Å²) in [6.45, 7) is 0.0871. The number of carbonyl (C=O) groups is 1. The summed E-state index contributed by atoms with van der Waals surface area (Å²) in [5.41, 5.74) is -1.27. The van der Waals surface area contributed by atoms with E-state index in [-0.39, 0.29) is 12.2 Å². The maximum Gasteiger partial charge on any atom is 0.433 e. The van der Waals surface area contributed by atoms with E-state index >= 15 is 0 Å². The zero-order valence-electron chi connectivity index (χ0n) is 9.82. The molecule has 0 aliphatic heterocycles. The highest BCUT2D eigenvalue weighted by molar-refractivity contribution is 5.92. The van der Waals surface area contributed by atoms with Gasteiger partial charge in [0.05, 0.1) is 6.54 Å². The van der Waals surface area contributed by atoms with E-state index in [0.29, 0.717) is 16.6 Å². The van der Waals surface area contributed by atoms with E-state index in [1.54, 1.807) is 6.20 Å². The Balaban J connectivity index is 2.08. The summed E-state index contributed by atoms with van der Waals surface area (Å²) in [7, 11) is 1.13. The minimum atomic E-state index is -4.54. The van der Waals surface area contributed by atoms with Crippen molar-refractivity contribution in [3.63, 3.8) is 0 Å². The molecule has 0 atom stereocenters. The third-order valence-electron chi connectivity index (χ3n) is 2.37. The number of halogens is 3. The summed E-state index contributed by atoms with van der Waals surface area (Å²) in [4.78, 5) is 18.3. The first-order chi connectivity index (χ1) is 8.88. The van der Waals surface area contributed by atoms with Crippen molar-refractivity contribution in [1.82, 2.24) is 25.1 Å². The van der Waals surface area contributed by atoms with Crippen LogP contribution in [0, 0.1) is 0 Å². The highest BCUT2D eigenvalue weighted by Gasteiger charge is 2.35. The lowest BCUT2D eigenvalue weighted by Gasteiger charge is -2.04. The van der Waals surface area contributed by atoms with Gasteiger partial charge in [-0.05, 0) is 0 Å². The van der Waals surface area contributed by atoms with E-state index < -0.39 is 17.8 Å². The third kappa shape index (κ3) is 2.92. The number of imidazole rings is 1. The first-order valence-electron chi connectivity index (χ1n) is 5.25. The van der Waals surface area contributed by atoms with Crippen molar-refractivity contribution in [3.05, 3.63) is 35.7 Å². The van der Waals surface area contributed by atoms with E-state index in [2.05, 4.69) is 20.4 Å². The van der Waals surface area contributed by atoms with Gasteiger partial charge >= 0.3 is 6.18 Å². The average molecular weight is 273 g/mol. The number of rotatable bonds is 3. The minimum Gasteiger partial charge on any atom is -0.347 e. The standard InChI is InChI=1S/C10H10F3N5O/c1-18-7(10(11,12)13)4-6(17-18)9(19)16-5-8-14-2-3-15-8/h2-4H,5H2,1H3,(H,14,15)(H,16,19). The summed E-state index contributed by atoms with van der Waals surface area (Å²) in [6, 6.07) is 0.706. The van der Waals surface area contributed by atoms with Crippen molar-refractivity contribution < 1.29 is 18.0 Å². The molecule has 2 N–H and O–H groups in total. The Kier molecular flexibility index (Phi) is 3.28. The number of nitrogens with zero attached hydrogens (tertiary/aromatic N) is 3. The molecule has 102 valence electrons. The molecule has 0 aliphatic carbocycles. The van der Waals surface area contributed by atoms with Crippen molar-refractivity contribution in [2.24, 2.45) is 7.05 Å². The smallest absolute Gasteiger partial charge is 0.347 e. The van der Waals surface area contributed by atoms with Crippen LogP contribution in [0.1, 0.15) is 22.0 Å².